The number of aliphatic imine (C=N–C) groups is 1. The third-order valence-corrected chi connectivity index (χ3v) is 5.64. The van der Waals surface area contributed by atoms with Crippen molar-refractivity contribution in [1.29, 1.82) is 0 Å². The Morgan fingerprint density at radius 3 is 2.47 bits per heavy atom. The minimum absolute atomic E-state index is 0.0121. The number of amides is 1. The predicted octanol–water partition coefficient (Wildman–Crippen LogP) is 4.88. The van der Waals surface area contributed by atoms with Gasteiger partial charge in [0.1, 0.15) is 11.9 Å². The van der Waals surface area contributed by atoms with Crippen LogP contribution in [-0.4, -0.2) is 40.7 Å². The Balaban J connectivity index is 2.12. The highest BCUT2D eigenvalue weighted by Gasteiger charge is 2.28. The molecule has 1 aliphatic heterocycles. The summed E-state index contributed by atoms with van der Waals surface area (Å²) in [7, 11) is 0. The topological polar surface area (TPSA) is 54.8 Å². The van der Waals surface area contributed by atoms with E-state index >= 15 is 0 Å². The van der Waals surface area contributed by atoms with Crippen LogP contribution in [0.25, 0.3) is 0 Å². The molecule has 0 N–H and O–H groups in total. The number of nitrogens with zero attached hydrogens (tertiary/aromatic N) is 3. The first-order valence-corrected chi connectivity index (χ1v) is 10.4. The maximum absolute atomic E-state index is 11.9. The Labute approximate surface area is 180 Å². The molecule has 1 fully saturated rings. The predicted molar refractivity (Wildman–Crippen MR) is 124 cm³/mol. The second-order valence-corrected chi connectivity index (χ2v) is 7.67. The quantitative estimate of drug-likeness (QED) is 0.333. The van der Waals surface area contributed by atoms with Crippen molar-refractivity contribution >= 4 is 11.6 Å². The van der Waals surface area contributed by atoms with E-state index in [4.69, 9.17) is 4.74 Å². The van der Waals surface area contributed by atoms with Gasteiger partial charge < -0.3 is 9.64 Å². The van der Waals surface area contributed by atoms with Gasteiger partial charge in [0.25, 0.3) is 0 Å². The molecule has 160 valence electrons. The van der Waals surface area contributed by atoms with Crippen molar-refractivity contribution < 1.29 is 9.53 Å². The van der Waals surface area contributed by atoms with Crippen LogP contribution in [-0.2, 0) is 10.2 Å². The van der Waals surface area contributed by atoms with Gasteiger partial charge in [0, 0.05) is 30.6 Å². The first-order valence-electron chi connectivity index (χ1n) is 10.4. The highest BCUT2D eigenvalue weighted by molar-refractivity contribution is 5.92. The van der Waals surface area contributed by atoms with Crippen LogP contribution in [0.15, 0.2) is 73.6 Å². The summed E-state index contributed by atoms with van der Waals surface area (Å²) >= 11 is 0. The summed E-state index contributed by atoms with van der Waals surface area (Å²) in [6, 6.07) is 3.86. The summed E-state index contributed by atoms with van der Waals surface area (Å²) in [5.74, 6) is 0.943. The van der Waals surface area contributed by atoms with Crippen LogP contribution in [0.3, 0.4) is 0 Å². The summed E-state index contributed by atoms with van der Waals surface area (Å²) in [5.41, 5.74) is 1.49. The number of piperidine rings is 1. The molecular weight excluding hydrogens is 374 g/mol. The standard InChI is InChI=1S/C25H33N3O2/c1-7-15-26-24(20-13-16-28(17-14-20)23(29)8-2)19(5)30-21-11-12-22(27-18-21)25(6,9-3)10-4/h7-12,15,18-20H,2-4,13-14,16-17H2,1,5-6H3/b15-7-,26-24?. The fraction of sp³-hybridized carbons (Fsp3) is 0.400. The molecule has 1 atom stereocenters. The Hall–Kier alpha value is -2.95. The Bertz CT molecular complexity index is 807. The molecule has 1 aromatic heterocycles. The van der Waals surface area contributed by atoms with Gasteiger partial charge in [-0.1, -0.05) is 24.8 Å². The zero-order valence-electron chi connectivity index (χ0n) is 18.4. The molecule has 1 aliphatic rings. The number of carbonyl (C=O) groups excluding carboxylic acids is 1. The first kappa shape index (κ1) is 23.3. The average Bonchev–Trinajstić information content (AvgIpc) is 2.79. The molecule has 0 aliphatic carbocycles. The Morgan fingerprint density at radius 1 is 1.30 bits per heavy atom. The maximum atomic E-state index is 11.9. The number of pyridine rings is 1. The Kier molecular flexibility index (Phi) is 8.34. The molecule has 0 aromatic carbocycles. The number of aromatic nitrogens is 1. The highest BCUT2D eigenvalue weighted by atomic mass is 16.5. The van der Waals surface area contributed by atoms with Gasteiger partial charge in [-0.15, -0.1) is 13.2 Å². The lowest BCUT2D eigenvalue weighted by molar-refractivity contribution is -0.127. The molecule has 2 rings (SSSR count). The summed E-state index contributed by atoms with van der Waals surface area (Å²) in [5, 5.41) is 0. The van der Waals surface area contributed by atoms with E-state index in [-0.39, 0.29) is 23.3 Å². The highest BCUT2D eigenvalue weighted by Crippen LogP contribution is 2.27. The van der Waals surface area contributed by atoms with E-state index < -0.39 is 0 Å². The van der Waals surface area contributed by atoms with Crippen molar-refractivity contribution in [2.24, 2.45) is 10.9 Å². The van der Waals surface area contributed by atoms with Crippen LogP contribution < -0.4 is 4.74 Å². The van der Waals surface area contributed by atoms with Gasteiger partial charge in [0.05, 0.1) is 17.6 Å². The number of hydrogen-bond donors (Lipinski definition) is 0. The second kappa shape index (κ2) is 10.7. The monoisotopic (exact) mass is 407 g/mol. The zero-order valence-corrected chi connectivity index (χ0v) is 18.4. The summed E-state index contributed by atoms with van der Waals surface area (Å²) in [6.45, 7) is 18.7. The maximum Gasteiger partial charge on any atom is 0.245 e. The molecular formula is C25H33N3O2. The molecule has 2 heterocycles. The number of ether oxygens (including phenoxy) is 1. The van der Waals surface area contributed by atoms with Crippen LogP contribution in [0, 0.1) is 5.92 Å². The largest absolute Gasteiger partial charge is 0.483 e. The molecule has 0 spiro atoms. The van der Waals surface area contributed by atoms with Crippen LogP contribution in [0.4, 0.5) is 0 Å². The summed E-state index contributed by atoms with van der Waals surface area (Å²) in [6.07, 6.45) is 12.0. The van der Waals surface area contributed by atoms with E-state index in [1.165, 1.54) is 6.08 Å². The van der Waals surface area contributed by atoms with Gasteiger partial charge in [-0.05, 0) is 51.8 Å². The third-order valence-electron chi connectivity index (χ3n) is 5.64. The minimum atomic E-state index is -0.375. The number of likely N-dealkylation sites (tertiary alicyclic amines) is 1. The number of allylic oxidation sites excluding steroid dienone is 3. The molecule has 0 bridgehead atoms. The molecule has 0 radical (unpaired) electrons. The lowest BCUT2D eigenvalue weighted by Crippen LogP contribution is -2.42. The van der Waals surface area contributed by atoms with E-state index in [9.17, 15) is 4.79 Å². The summed E-state index contributed by atoms with van der Waals surface area (Å²) in [4.78, 5) is 22.9. The zero-order chi connectivity index (χ0) is 22.1. The SMILES string of the molecule is C=CC(=O)N1CCC(C(=N/C=C\C)C(C)Oc2ccc(C(C)(C=C)C=C)nc2)CC1. The van der Waals surface area contributed by atoms with E-state index in [0.29, 0.717) is 18.8 Å². The first-order chi connectivity index (χ1) is 14.4. The number of hydrogen-bond acceptors (Lipinski definition) is 4. The average molecular weight is 408 g/mol. The second-order valence-electron chi connectivity index (χ2n) is 7.67. The Morgan fingerprint density at radius 2 is 1.97 bits per heavy atom. The van der Waals surface area contributed by atoms with Crippen molar-refractivity contribution in [2.45, 2.75) is 45.1 Å². The lowest BCUT2D eigenvalue weighted by atomic mass is 9.87. The number of carbonyl (C=O) groups is 1. The van der Waals surface area contributed by atoms with Crippen molar-refractivity contribution in [3.63, 3.8) is 0 Å². The fourth-order valence-corrected chi connectivity index (χ4v) is 3.55. The molecule has 0 saturated carbocycles. The molecule has 1 amide bonds. The van der Waals surface area contributed by atoms with E-state index in [1.807, 2.05) is 56.0 Å². The molecule has 1 unspecified atom stereocenters. The fourth-order valence-electron chi connectivity index (χ4n) is 3.55. The van der Waals surface area contributed by atoms with Gasteiger partial charge in [-0.3, -0.25) is 14.8 Å². The molecule has 1 saturated heterocycles. The molecule has 30 heavy (non-hydrogen) atoms. The van der Waals surface area contributed by atoms with Gasteiger partial charge in [-0.25, -0.2) is 0 Å². The minimum Gasteiger partial charge on any atom is -0.483 e. The lowest BCUT2D eigenvalue weighted by Gasteiger charge is -2.33. The van der Waals surface area contributed by atoms with Gasteiger partial charge in [0.2, 0.25) is 5.91 Å². The van der Waals surface area contributed by atoms with Crippen molar-refractivity contribution in [1.82, 2.24) is 9.88 Å². The van der Waals surface area contributed by atoms with Crippen molar-refractivity contribution in [3.8, 4) is 5.75 Å². The molecule has 1 aromatic rings. The van der Waals surface area contributed by atoms with Crippen LogP contribution in [0.1, 0.15) is 39.3 Å². The van der Waals surface area contributed by atoms with Crippen LogP contribution in [0.5, 0.6) is 5.75 Å². The van der Waals surface area contributed by atoms with Crippen LogP contribution >= 0.6 is 0 Å². The van der Waals surface area contributed by atoms with Crippen molar-refractivity contribution in [3.05, 3.63) is 74.3 Å². The van der Waals surface area contributed by atoms with Crippen LogP contribution in [0.2, 0.25) is 0 Å². The summed E-state index contributed by atoms with van der Waals surface area (Å²) < 4.78 is 6.18. The molecule has 5 heteroatoms. The van der Waals surface area contributed by atoms with Gasteiger partial charge in [0.15, 0.2) is 0 Å². The van der Waals surface area contributed by atoms with E-state index in [1.54, 1.807) is 12.4 Å². The van der Waals surface area contributed by atoms with E-state index in [2.05, 4.69) is 29.7 Å². The smallest absolute Gasteiger partial charge is 0.245 e. The van der Waals surface area contributed by atoms with E-state index in [0.717, 1.165) is 24.2 Å². The molecule has 5 nitrogen and oxygen atoms in total. The normalized spacial score (nSPS) is 16.9. The third kappa shape index (κ3) is 5.56. The van der Waals surface area contributed by atoms with Crippen molar-refractivity contribution in [2.75, 3.05) is 13.1 Å². The van der Waals surface area contributed by atoms with Gasteiger partial charge >= 0.3 is 0 Å². The number of rotatable bonds is 9. The van der Waals surface area contributed by atoms with Gasteiger partial charge in [-0.2, -0.15) is 0 Å².